The molecule has 0 fully saturated rings. The third kappa shape index (κ3) is 4.98. The molecule has 0 amide bonds. The van der Waals surface area contributed by atoms with Gasteiger partial charge < -0.3 is 5.32 Å². The van der Waals surface area contributed by atoms with E-state index in [1.165, 1.54) is 18.2 Å². The fourth-order valence-electron chi connectivity index (χ4n) is 1.60. The third-order valence-electron chi connectivity index (χ3n) is 2.72. The minimum absolute atomic E-state index is 0.0207. The largest absolute Gasteiger partial charge is 0.379 e. The highest BCUT2D eigenvalue weighted by molar-refractivity contribution is 7.89. The maximum atomic E-state index is 12.1. The van der Waals surface area contributed by atoms with E-state index in [0.29, 0.717) is 13.1 Å². The summed E-state index contributed by atoms with van der Waals surface area (Å²) in [5.41, 5.74) is 0.0838. The highest BCUT2D eigenvalue weighted by Crippen LogP contribution is 2.27. The Bertz CT molecular complexity index is 599. The molecule has 0 heterocycles. The summed E-state index contributed by atoms with van der Waals surface area (Å²) in [6.45, 7) is 6.56. The summed E-state index contributed by atoms with van der Waals surface area (Å²) in [5, 5.41) is 13.8. The predicted octanol–water partition coefficient (Wildman–Crippen LogP) is 2.35. The highest BCUT2D eigenvalue weighted by Gasteiger charge is 2.20. The first-order valence-electron chi connectivity index (χ1n) is 6.80. The number of nitrogens with one attached hydrogen (secondary N) is 2. The number of anilines is 1. The fourth-order valence-corrected chi connectivity index (χ4v) is 2.84. The topological polar surface area (TPSA) is 101 Å². The van der Waals surface area contributed by atoms with Gasteiger partial charge in [-0.05, 0) is 24.5 Å². The van der Waals surface area contributed by atoms with Crippen molar-refractivity contribution >= 4 is 21.4 Å². The van der Waals surface area contributed by atoms with Crippen molar-refractivity contribution in [3.05, 3.63) is 28.3 Å². The van der Waals surface area contributed by atoms with E-state index in [9.17, 15) is 18.5 Å². The molecule has 0 aliphatic rings. The Morgan fingerprint density at radius 2 is 2.00 bits per heavy atom. The summed E-state index contributed by atoms with van der Waals surface area (Å²) in [4.78, 5) is 10.5. The van der Waals surface area contributed by atoms with E-state index in [1.54, 1.807) is 0 Å². The van der Waals surface area contributed by atoms with Crippen LogP contribution in [0.5, 0.6) is 0 Å². The number of rotatable bonds is 8. The number of hydrogen-bond acceptors (Lipinski definition) is 5. The van der Waals surface area contributed by atoms with Gasteiger partial charge >= 0.3 is 0 Å². The van der Waals surface area contributed by atoms with Gasteiger partial charge in [-0.15, -0.1) is 0 Å². The smallest absolute Gasteiger partial charge is 0.292 e. The Morgan fingerprint density at radius 3 is 2.52 bits per heavy atom. The first-order chi connectivity index (χ1) is 9.77. The predicted molar refractivity (Wildman–Crippen MR) is 81.9 cm³/mol. The van der Waals surface area contributed by atoms with E-state index in [-0.39, 0.29) is 22.2 Å². The van der Waals surface area contributed by atoms with E-state index in [0.717, 1.165) is 6.42 Å². The molecular formula is C13H21N3O4S. The minimum Gasteiger partial charge on any atom is -0.379 e. The molecule has 7 nitrogen and oxygen atoms in total. The van der Waals surface area contributed by atoms with Crippen LogP contribution in [0.1, 0.15) is 27.2 Å². The summed E-state index contributed by atoms with van der Waals surface area (Å²) in [5.74, 6) is 0.176. The quantitative estimate of drug-likeness (QED) is 0.566. The summed E-state index contributed by atoms with van der Waals surface area (Å²) >= 11 is 0. The maximum Gasteiger partial charge on any atom is 0.292 e. The second kappa shape index (κ2) is 7.37. The number of nitrogens with zero attached hydrogens (tertiary/aromatic N) is 1. The van der Waals surface area contributed by atoms with Crippen LogP contribution in [0.3, 0.4) is 0 Å². The van der Waals surface area contributed by atoms with Crippen molar-refractivity contribution in [2.24, 2.45) is 5.92 Å². The van der Waals surface area contributed by atoms with Crippen LogP contribution in [0.25, 0.3) is 0 Å². The molecule has 0 atom stereocenters. The van der Waals surface area contributed by atoms with Crippen LogP contribution in [0, 0.1) is 16.0 Å². The van der Waals surface area contributed by atoms with Crippen LogP contribution >= 0.6 is 0 Å². The number of benzene rings is 1. The molecule has 0 aliphatic carbocycles. The van der Waals surface area contributed by atoms with Gasteiger partial charge in [0, 0.05) is 19.2 Å². The lowest BCUT2D eigenvalue weighted by Crippen LogP contribution is -2.27. The lowest BCUT2D eigenvalue weighted by molar-refractivity contribution is -0.384. The lowest BCUT2D eigenvalue weighted by Gasteiger charge is -2.11. The molecule has 118 valence electrons. The Kier molecular flexibility index (Phi) is 6.10. The van der Waals surface area contributed by atoms with Gasteiger partial charge in [-0.3, -0.25) is 10.1 Å². The Hall–Kier alpha value is -1.67. The van der Waals surface area contributed by atoms with Crippen molar-refractivity contribution in [3.8, 4) is 0 Å². The van der Waals surface area contributed by atoms with Crippen molar-refractivity contribution in [1.82, 2.24) is 4.72 Å². The number of nitro benzene ring substituents is 1. The van der Waals surface area contributed by atoms with E-state index in [1.807, 2.05) is 20.8 Å². The fraction of sp³-hybridized carbons (Fsp3) is 0.538. The van der Waals surface area contributed by atoms with Gasteiger partial charge in [0.25, 0.3) is 5.69 Å². The second-order valence-corrected chi connectivity index (χ2v) is 6.88. The zero-order valence-electron chi connectivity index (χ0n) is 12.4. The zero-order chi connectivity index (χ0) is 16.0. The van der Waals surface area contributed by atoms with E-state index in [2.05, 4.69) is 10.0 Å². The van der Waals surface area contributed by atoms with Gasteiger partial charge in [0.2, 0.25) is 10.0 Å². The van der Waals surface area contributed by atoms with Crippen LogP contribution in [0.15, 0.2) is 23.1 Å². The van der Waals surface area contributed by atoms with E-state index >= 15 is 0 Å². The number of hydrogen-bond donors (Lipinski definition) is 2. The molecule has 0 radical (unpaired) electrons. The molecule has 0 aliphatic heterocycles. The van der Waals surface area contributed by atoms with Gasteiger partial charge in [-0.2, -0.15) is 0 Å². The van der Waals surface area contributed by atoms with Gasteiger partial charge in [-0.25, -0.2) is 13.1 Å². The molecule has 21 heavy (non-hydrogen) atoms. The van der Waals surface area contributed by atoms with E-state index in [4.69, 9.17) is 0 Å². The molecule has 8 heteroatoms. The summed E-state index contributed by atoms with van der Waals surface area (Å²) in [6, 6.07) is 3.76. The summed E-state index contributed by atoms with van der Waals surface area (Å²) in [7, 11) is -3.66. The van der Waals surface area contributed by atoms with Crippen molar-refractivity contribution in [1.29, 1.82) is 0 Å². The van der Waals surface area contributed by atoms with Crippen LogP contribution in [-0.4, -0.2) is 26.4 Å². The monoisotopic (exact) mass is 315 g/mol. The first-order valence-corrected chi connectivity index (χ1v) is 8.28. The molecule has 0 bridgehead atoms. The summed E-state index contributed by atoms with van der Waals surface area (Å²) in [6.07, 6.45) is 0.778. The van der Waals surface area contributed by atoms with Gasteiger partial charge in [0.05, 0.1) is 9.82 Å². The third-order valence-corrected chi connectivity index (χ3v) is 4.14. The number of sulfonamides is 1. The maximum absolute atomic E-state index is 12.1. The summed E-state index contributed by atoms with van der Waals surface area (Å²) < 4.78 is 26.8. The SMILES string of the molecule is CCCNc1cc(S(=O)(=O)NCC(C)C)ccc1[N+](=O)[O-]. The molecule has 1 aromatic rings. The normalized spacial score (nSPS) is 11.6. The Balaban J connectivity index is 3.11. The molecule has 0 saturated heterocycles. The van der Waals surface area contributed by atoms with Gasteiger partial charge in [0.15, 0.2) is 0 Å². The van der Waals surface area contributed by atoms with Crippen molar-refractivity contribution in [2.45, 2.75) is 32.1 Å². The first kappa shape index (κ1) is 17.4. The average molecular weight is 315 g/mol. The Labute approximate surface area is 124 Å². The number of nitro groups is 1. The van der Waals surface area contributed by atoms with Gasteiger partial charge in [0.1, 0.15) is 5.69 Å². The molecule has 0 saturated carbocycles. The molecule has 0 spiro atoms. The zero-order valence-corrected chi connectivity index (χ0v) is 13.2. The highest BCUT2D eigenvalue weighted by atomic mass is 32.2. The molecule has 0 unspecified atom stereocenters. The second-order valence-electron chi connectivity index (χ2n) is 5.11. The van der Waals surface area contributed by atoms with Crippen LogP contribution < -0.4 is 10.0 Å². The molecule has 1 aromatic carbocycles. The van der Waals surface area contributed by atoms with Crippen LogP contribution in [0.2, 0.25) is 0 Å². The van der Waals surface area contributed by atoms with Crippen molar-refractivity contribution < 1.29 is 13.3 Å². The van der Waals surface area contributed by atoms with Crippen LogP contribution in [0.4, 0.5) is 11.4 Å². The van der Waals surface area contributed by atoms with Crippen molar-refractivity contribution in [2.75, 3.05) is 18.4 Å². The molecule has 2 N–H and O–H groups in total. The van der Waals surface area contributed by atoms with Gasteiger partial charge in [-0.1, -0.05) is 20.8 Å². The average Bonchev–Trinajstić information content (AvgIpc) is 2.42. The Morgan fingerprint density at radius 1 is 1.33 bits per heavy atom. The lowest BCUT2D eigenvalue weighted by atomic mass is 10.2. The van der Waals surface area contributed by atoms with Crippen molar-refractivity contribution in [3.63, 3.8) is 0 Å². The molecule has 0 aromatic heterocycles. The standard InChI is InChI=1S/C13H21N3O4S/c1-4-7-14-12-8-11(5-6-13(12)16(17)18)21(19,20)15-9-10(2)3/h5-6,8,10,14-15H,4,7,9H2,1-3H3. The molecule has 1 rings (SSSR count). The molecular weight excluding hydrogens is 294 g/mol. The minimum atomic E-state index is -3.66. The van der Waals surface area contributed by atoms with Crippen LogP contribution in [-0.2, 0) is 10.0 Å². The van der Waals surface area contributed by atoms with E-state index < -0.39 is 14.9 Å².